The Morgan fingerprint density at radius 3 is 2.77 bits per heavy atom. The number of anilines is 2. The molecule has 1 aliphatic heterocycles. The summed E-state index contributed by atoms with van der Waals surface area (Å²) in [5, 5.41) is 11.7. The zero-order valence-corrected chi connectivity index (χ0v) is 14.8. The molecule has 0 spiro atoms. The summed E-state index contributed by atoms with van der Waals surface area (Å²) in [6.07, 6.45) is 1.48. The van der Waals surface area contributed by atoms with E-state index in [9.17, 15) is 14.4 Å². The fraction of sp³-hybridized carbons (Fsp3) is 0.294. The van der Waals surface area contributed by atoms with Gasteiger partial charge in [-0.25, -0.2) is 0 Å². The number of hydrogen-bond donors (Lipinski definition) is 3. The van der Waals surface area contributed by atoms with Gasteiger partial charge in [0.05, 0.1) is 11.4 Å². The van der Waals surface area contributed by atoms with Gasteiger partial charge in [0.15, 0.2) is 5.69 Å². The minimum Gasteiger partial charge on any atom is -0.466 e. The summed E-state index contributed by atoms with van der Waals surface area (Å²) in [5.74, 6) is -1.37. The summed E-state index contributed by atoms with van der Waals surface area (Å²) < 4.78 is 7.09. The number of fused-ring (bicyclic) bond motifs is 1. The van der Waals surface area contributed by atoms with Gasteiger partial charge in [-0.3, -0.25) is 19.1 Å². The van der Waals surface area contributed by atoms with E-state index in [1.807, 2.05) is 13.0 Å². The molecule has 3 rings (SSSR count). The zero-order chi connectivity index (χ0) is 19.1. The highest BCUT2D eigenvalue weighted by molar-refractivity contribution is 6.19. The Labute approximate surface area is 149 Å². The average molecular weight is 357 g/mol. The summed E-state index contributed by atoms with van der Waals surface area (Å²) in [6, 6.07) is 5.27. The quantitative estimate of drug-likeness (QED) is 0.704. The first-order chi connectivity index (χ1) is 12.2. The minimum absolute atomic E-state index is 0.0409. The van der Waals surface area contributed by atoms with Crippen molar-refractivity contribution in [2.24, 2.45) is 7.05 Å². The molecule has 2 aromatic rings. The molecule has 0 fully saturated rings. The van der Waals surface area contributed by atoms with E-state index in [0.29, 0.717) is 11.4 Å². The minimum atomic E-state index is -1.79. The third-order valence-corrected chi connectivity index (χ3v) is 4.08. The third kappa shape index (κ3) is 2.87. The van der Waals surface area contributed by atoms with Crippen LogP contribution in [-0.2, 0) is 16.6 Å². The molecule has 0 saturated carbocycles. The highest BCUT2D eigenvalue weighted by Crippen LogP contribution is 2.35. The molecule has 1 aromatic carbocycles. The Hall–Kier alpha value is -3.36. The van der Waals surface area contributed by atoms with Crippen LogP contribution in [0.4, 0.5) is 11.4 Å². The van der Waals surface area contributed by atoms with Crippen molar-refractivity contribution in [1.82, 2.24) is 15.1 Å². The maximum absolute atomic E-state index is 12.8. The lowest BCUT2D eigenvalue weighted by Crippen LogP contribution is -2.56. The number of amides is 3. The summed E-state index contributed by atoms with van der Waals surface area (Å²) in [7, 11) is 3.08. The van der Waals surface area contributed by atoms with E-state index >= 15 is 0 Å². The second kappa shape index (κ2) is 6.17. The van der Waals surface area contributed by atoms with Crippen LogP contribution in [0.25, 0.3) is 0 Å². The monoisotopic (exact) mass is 357 g/mol. The normalized spacial score (nSPS) is 18.4. The van der Waals surface area contributed by atoms with E-state index in [1.54, 1.807) is 19.2 Å². The molecule has 1 atom stereocenters. The fourth-order valence-corrected chi connectivity index (χ4v) is 2.60. The van der Waals surface area contributed by atoms with Gasteiger partial charge in [-0.2, -0.15) is 5.10 Å². The number of aryl methyl sites for hydroxylation is 2. The van der Waals surface area contributed by atoms with E-state index in [2.05, 4.69) is 21.0 Å². The van der Waals surface area contributed by atoms with Crippen LogP contribution in [0.2, 0.25) is 0 Å². The number of rotatable bonds is 3. The lowest BCUT2D eigenvalue weighted by molar-refractivity contribution is -0.143. The van der Waals surface area contributed by atoms with Gasteiger partial charge >= 0.3 is 0 Å². The first-order valence-electron chi connectivity index (χ1n) is 7.93. The molecule has 1 aliphatic rings. The maximum atomic E-state index is 12.8. The zero-order valence-electron chi connectivity index (χ0n) is 14.8. The molecule has 1 aromatic heterocycles. The number of hydrogen-bond acceptors (Lipinski definition) is 5. The maximum Gasteiger partial charge on any atom is 0.278 e. The standard InChI is InChI=1S/C17H19N5O4/c1-9-5-6-12-10(7-9)19-15(24)17(2,26-12)16(25)20-11-8-22(4)21-13(11)14(23)18-3/h5-8H,1-4H3,(H,18,23)(H,19,24)(H,20,25). The number of carbonyl (C=O) groups is 3. The average Bonchev–Trinajstić information content (AvgIpc) is 2.96. The van der Waals surface area contributed by atoms with Gasteiger partial charge in [0.2, 0.25) is 0 Å². The Morgan fingerprint density at radius 2 is 2.08 bits per heavy atom. The van der Waals surface area contributed by atoms with Gasteiger partial charge in [-0.15, -0.1) is 0 Å². The molecule has 0 saturated heterocycles. The van der Waals surface area contributed by atoms with Crippen molar-refractivity contribution < 1.29 is 19.1 Å². The SMILES string of the molecule is CNC(=O)c1nn(C)cc1NC(=O)C1(C)Oc2ccc(C)cc2NC1=O. The molecular formula is C17H19N5O4. The number of nitrogens with zero attached hydrogens (tertiary/aromatic N) is 2. The Morgan fingerprint density at radius 1 is 1.35 bits per heavy atom. The van der Waals surface area contributed by atoms with Crippen molar-refractivity contribution >= 4 is 29.1 Å². The van der Waals surface area contributed by atoms with Crippen LogP contribution < -0.4 is 20.7 Å². The molecule has 9 heteroatoms. The number of aromatic nitrogens is 2. The predicted octanol–water partition coefficient (Wildman–Crippen LogP) is 0.816. The van der Waals surface area contributed by atoms with E-state index in [4.69, 9.17) is 4.74 Å². The molecular weight excluding hydrogens is 338 g/mol. The van der Waals surface area contributed by atoms with Crippen LogP contribution in [0.5, 0.6) is 5.75 Å². The van der Waals surface area contributed by atoms with Crippen LogP contribution in [0.15, 0.2) is 24.4 Å². The topological polar surface area (TPSA) is 114 Å². The lowest BCUT2D eigenvalue weighted by Gasteiger charge is -2.33. The number of benzene rings is 1. The number of nitrogens with one attached hydrogen (secondary N) is 3. The summed E-state index contributed by atoms with van der Waals surface area (Å²) in [5.41, 5.74) is -0.111. The van der Waals surface area contributed by atoms with Crippen molar-refractivity contribution in [2.75, 3.05) is 17.7 Å². The Balaban J connectivity index is 1.89. The van der Waals surface area contributed by atoms with Crippen LogP contribution in [0.1, 0.15) is 23.0 Å². The van der Waals surface area contributed by atoms with Crippen LogP contribution in [0, 0.1) is 6.92 Å². The largest absolute Gasteiger partial charge is 0.466 e. The summed E-state index contributed by atoms with van der Waals surface area (Å²) >= 11 is 0. The van der Waals surface area contributed by atoms with E-state index in [-0.39, 0.29) is 11.4 Å². The van der Waals surface area contributed by atoms with Crippen molar-refractivity contribution in [2.45, 2.75) is 19.4 Å². The van der Waals surface area contributed by atoms with Crippen molar-refractivity contribution in [3.63, 3.8) is 0 Å². The molecule has 0 aliphatic carbocycles. The van der Waals surface area contributed by atoms with Crippen molar-refractivity contribution in [3.05, 3.63) is 35.7 Å². The van der Waals surface area contributed by atoms with E-state index in [1.165, 1.54) is 24.9 Å². The Bertz CT molecular complexity index is 920. The molecule has 9 nitrogen and oxygen atoms in total. The highest BCUT2D eigenvalue weighted by Gasteiger charge is 2.47. The van der Waals surface area contributed by atoms with Gasteiger partial charge < -0.3 is 20.7 Å². The molecule has 3 amide bonds. The molecule has 0 radical (unpaired) electrons. The third-order valence-electron chi connectivity index (χ3n) is 4.08. The number of ether oxygens (including phenoxy) is 1. The second-order valence-electron chi connectivity index (χ2n) is 6.19. The van der Waals surface area contributed by atoms with Gasteiger partial charge in [-0.1, -0.05) is 6.07 Å². The van der Waals surface area contributed by atoms with Gasteiger partial charge in [0.1, 0.15) is 5.75 Å². The second-order valence-corrected chi connectivity index (χ2v) is 6.19. The first kappa shape index (κ1) is 17.5. The first-order valence-corrected chi connectivity index (χ1v) is 7.93. The predicted molar refractivity (Wildman–Crippen MR) is 94.1 cm³/mol. The van der Waals surface area contributed by atoms with Crippen molar-refractivity contribution in [1.29, 1.82) is 0 Å². The number of carbonyl (C=O) groups excluding carboxylic acids is 3. The molecule has 1 unspecified atom stereocenters. The highest BCUT2D eigenvalue weighted by atomic mass is 16.5. The van der Waals surface area contributed by atoms with Gasteiger partial charge in [-0.05, 0) is 31.5 Å². The van der Waals surface area contributed by atoms with Crippen molar-refractivity contribution in [3.8, 4) is 5.75 Å². The molecule has 3 N–H and O–H groups in total. The molecule has 26 heavy (non-hydrogen) atoms. The van der Waals surface area contributed by atoms with E-state index in [0.717, 1.165) is 5.56 Å². The molecule has 0 bridgehead atoms. The summed E-state index contributed by atoms with van der Waals surface area (Å²) in [4.78, 5) is 37.2. The molecule has 2 heterocycles. The van der Waals surface area contributed by atoms with Gasteiger partial charge in [0, 0.05) is 20.3 Å². The molecule has 136 valence electrons. The summed E-state index contributed by atoms with van der Waals surface area (Å²) in [6.45, 7) is 3.26. The lowest BCUT2D eigenvalue weighted by atomic mass is 10.0. The van der Waals surface area contributed by atoms with E-state index < -0.39 is 23.3 Å². The smallest absolute Gasteiger partial charge is 0.278 e. The van der Waals surface area contributed by atoms with Gasteiger partial charge in [0.25, 0.3) is 23.3 Å². The Kier molecular flexibility index (Phi) is 4.15. The van der Waals surface area contributed by atoms with Crippen LogP contribution in [0.3, 0.4) is 0 Å². The van der Waals surface area contributed by atoms with Crippen LogP contribution >= 0.6 is 0 Å². The fourth-order valence-electron chi connectivity index (χ4n) is 2.60. The van der Waals surface area contributed by atoms with Crippen LogP contribution in [-0.4, -0.2) is 40.2 Å².